The average molecular weight is 272 g/mol. The quantitative estimate of drug-likeness (QED) is 0.750. The number of nitrogens with zero attached hydrogens (tertiary/aromatic N) is 1. The van der Waals surface area contributed by atoms with E-state index in [1.165, 1.54) is 5.38 Å². The van der Waals surface area contributed by atoms with E-state index >= 15 is 0 Å². The fraction of sp³-hybridized carbons (Fsp3) is 0. The summed E-state index contributed by atoms with van der Waals surface area (Å²) in [6, 6.07) is 9.21. The zero-order valence-electron chi connectivity index (χ0n) is 9.58. The van der Waals surface area contributed by atoms with E-state index in [9.17, 15) is 9.59 Å². The first-order valence-electron chi connectivity index (χ1n) is 5.47. The van der Waals surface area contributed by atoms with Gasteiger partial charge in [0.1, 0.15) is 10.7 Å². The molecule has 0 spiro atoms. The lowest BCUT2D eigenvalue weighted by molar-refractivity contribution is 0.0699. The van der Waals surface area contributed by atoms with Crippen molar-refractivity contribution in [1.29, 1.82) is 0 Å². The molecule has 2 heterocycles. The Bertz CT molecular complexity index is 821. The summed E-state index contributed by atoms with van der Waals surface area (Å²) in [5.41, 5.74) is 0.350. The molecular weight excluding hydrogens is 264 g/mol. The number of nitrogens with one attached hydrogen (secondary N) is 1. The number of aromatic amines is 1. The van der Waals surface area contributed by atoms with Gasteiger partial charge in [0.2, 0.25) is 0 Å². The number of carboxylic acids is 1. The van der Waals surface area contributed by atoms with Crippen LogP contribution in [0.15, 0.2) is 40.5 Å². The monoisotopic (exact) mass is 272 g/mol. The molecule has 0 aliphatic heterocycles. The second-order valence-corrected chi connectivity index (χ2v) is 4.77. The van der Waals surface area contributed by atoms with Crippen molar-refractivity contribution in [2.24, 2.45) is 0 Å². The van der Waals surface area contributed by atoms with E-state index < -0.39 is 11.5 Å². The second kappa shape index (κ2) is 4.33. The zero-order chi connectivity index (χ0) is 13.4. The first-order valence-corrected chi connectivity index (χ1v) is 6.35. The molecule has 2 aromatic heterocycles. The van der Waals surface area contributed by atoms with Crippen LogP contribution in [0.25, 0.3) is 21.6 Å². The summed E-state index contributed by atoms with van der Waals surface area (Å²) in [5.74, 6) is -0.678. The van der Waals surface area contributed by atoms with Gasteiger partial charge in [-0.05, 0) is 0 Å². The molecule has 0 saturated carbocycles. The number of aromatic carboxylic acids is 1. The van der Waals surface area contributed by atoms with Crippen LogP contribution in [0.4, 0.5) is 0 Å². The van der Waals surface area contributed by atoms with Crippen molar-refractivity contribution in [1.82, 2.24) is 9.97 Å². The van der Waals surface area contributed by atoms with Crippen molar-refractivity contribution in [2.45, 2.75) is 0 Å². The topological polar surface area (TPSA) is 83.0 Å². The van der Waals surface area contributed by atoms with E-state index in [4.69, 9.17) is 5.11 Å². The van der Waals surface area contributed by atoms with Crippen LogP contribution in [0, 0.1) is 0 Å². The summed E-state index contributed by atoms with van der Waals surface area (Å²) in [5, 5.41) is 10.6. The Balaban J connectivity index is 2.28. The molecule has 1 aromatic carbocycles. The van der Waals surface area contributed by atoms with E-state index in [1.807, 2.05) is 30.3 Å². The molecule has 0 aliphatic carbocycles. The first-order chi connectivity index (χ1) is 9.16. The van der Waals surface area contributed by atoms with Crippen LogP contribution in [0.3, 0.4) is 0 Å². The maximum atomic E-state index is 12.0. The van der Waals surface area contributed by atoms with Gasteiger partial charge >= 0.3 is 5.97 Å². The Morgan fingerprint density at radius 2 is 2.00 bits per heavy atom. The van der Waals surface area contributed by atoms with Gasteiger partial charge in [-0.15, -0.1) is 11.3 Å². The second-order valence-electron chi connectivity index (χ2n) is 3.92. The molecule has 5 nitrogen and oxygen atoms in total. The molecule has 0 saturated heterocycles. The van der Waals surface area contributed by atoms with Gasteiger partial charge in [0, 0.05) is 10.9 Å². The van der Waals surface area contributed by atoms with E-state index in [-0.39, 0.29) is 10.9 Å². The Kier molecular flexibility index (Phi) is 2.64. The minimum Gasteiger partial charge on any atom is -0.478 e. The molecule has 0 unspecified atom stereocenters. The molecule has 0 fully saturated rings. The molecule has 0 bridgehead atoms. The van der Waals surface area contributed by atoms with Crippen LogP contribution in [0.2, 0.25) is 0 Å². The largest absolute Gasteiger partial charge is 0.478 e. The van der Waals surface area contributed by atoms with Crippen molar-refractivity contribution < 1.29 is 9.90 Å². The maximum Gasteiger partial charge on any atom is 0.337 e. The SMILES string of the molecule is O=C(O)c1csc2nc(-c3ccccc3)[nH]c(=O)c12. The Hall–Kier alpha value is -2.47. The number of hydrogen-bond acceptors (Lipinski definition) is 4. The average Bonchev–Trinajstić information content (AvgIpc) is 2.84. The van der Waals surface area contributed by atoms with Gasteiger partial charge in [0.15, 0.2) is 0 Å². The minimum absolute atomic E-state index is 0.00615. The summed E-state index contributed by atoms with van der Waals surface area (Å²) in [6.45, 7) is 0. The Morgan fingerprint density at radius 1 is 1.26 bits per heavy atom. The fourth-order valence-electron chi connectivity index (χ4n) is 1.84. The molecule has 3 rings (SSSR count). The molecule has 6 heteroatoms. The van der Waals surface area contributed by atoms with Crippen LogP contribution in [0.5, 0.6) is 0 Å². The van der Waals surface area contributed by atoms with Crippen LogP contribution >= 0.6 is 11.3 Å². The maximum absolute atomic E-state index is 12.0. The van der Waals surface area contributed by atoms with Crippen molar-refractivity contribution in [2.75, 3.05) is 0 Å². The van der Waals surface area contributed by atoms with Gasteiger partial charge in [-0.3, -0.25) is 4.79 Å². The van der Waals surface area contributed by atoms with Gasteiger partial charge in [0.25, 0.3) is 5.56 Å². The number of hydrogen-bond donors (Lipinski definition) is 2. The first kappa shape index (κ1) is 11.6. The van der Waals surface area contributed by atoms with E-state index in [1.54, 1.807) is 0 Å². The van der Waals surface area contributed by atoms with Gasteiger partial charge in [-0.25, -0.2) is 9.78 Å². The molecule has 3 aromatic rings. The van der Waals surface area contributed by atoms with Crippen LogP contribution in [-0.4, -0.2) is 21.0 Å². The molecule has 0 aliphatic rings. The lowest BCUT2D eigenvalue weighted by atomic mass is 10.2. The van der Waals surface area contributed by atoms with Crippen molar-refractivity contribution >= 4 is 27.5 Å². The molecule has 19 heavy (non-hydrogen) atoms. The van der Waals surface area contributed by atoms with Gasteiger partial charge in [0.05, 0.1) is 10.9 Å². The van der Waals surface area contributed by atoms with Crippen LogP contribution in [-0.2, 0) is 0 Å². The predicted molar refractivity (Wildman–Crippen MR) is 72.6 cm³/mol. The smallest absolute Gasteiger partial charge is 0.337 e. The normalized spacial score (nSPS) is 10.7. The number of aromatic nitrogens is 2. The molecule has 0 amide bonds. The minimum atomic E-state index is -1.12. The third-order valence-corrected chi connectivity index (χ3v) is 3.59. The Morgan fingerprint density at radius 3 is 2.68 bits per heavy atom. The van der Waals surface area contributed by atoms with E-state index in [0.29, 0.717) is 10.7 Å². The number of thiophene rings is 1. The third-order valence-electron chi connectivity index (χ3n) is 2.72. The Labute approximate surface area is 111 Å². The zero-order valence-corrected chi connectivity index (χ0v) is 10.4. The molecule has 94 valence electrons. The summed E-state index contributed by atoms with van der Waals surface area (Å²) < 4.78 is 0. The van der Waals surface area contributed by atoms with Crippen LogP contribution in [0.1, 0.15) is 10.4 Å². The highest BCUT2D eigenvalue weighted by atomic mass is 32.1. The summed E-state index contributed by atoms with van der Waals surface area (Å²) in [6.07, 6.45) is 0. The number of benzene rings is 1. The predicted octanol–water partition coefficient (Wildman–Crippen LogP) is 2.35. The van der Waals surface area contributed by atoms with Gasteiger partial charge in [-0.1, -0.05) is 30.3 Å². The number of carboxylic acid groups (broad SMARTS) is 1. The number of rotatable bonds is 2. The molecule has 0 atom stereocenters. The van der Waals surface area contributed by atoms with E-state index in [0.717, 1.165) is 16.9 Å². The molecular formula is C13H8N2O3S. The standard InChI is InChI=1S/C13H8N2O3S/c16-11-9-8(13(17)18)6-19-12(9)15-10(14-11)7-4-2-1-3-5-7/h1-6H,(H,17,18)(H,14,15,16). The highest BCUT2D eigenvalue weighted by Gasteiger charge is 2.16. The molecule has 2 N–H and O–H groups in total. The summed E-state index contributed by atoms with van der Waals surface area (Å²) in [7, 11) is 0. The van der Waals surface area contributed by atoms with E-state index in [2.05, 4.69) is 9.97 Å². The van der Waals surface area contributed by atoms with Crippen molar-refractivity contribution in [3.05, 3.63) is 51.6 Å². The molecule has 0 radical (unpaired) electrons. The van der Waals surface area contributed by atoms with Gasteiger partial charge in [-0.2, -0.15) is 0 Å². The summed E-state index contributed by atoms with van der Waals surface area (Å²) >= 11 is 1.15. The van der Waals surface area contributed by atoms with Crippen LogP contribution < -0.4 is 5.56 Å². The fourth-order valence-corrected chi connectivity index (χ4v) is 2.75. The van der Waals surface area contributed by atoms with Crippen molar-refractivity contribution in [3.8, 4) is 11.4 Å². The highest BCUT2D eigenvalue weighted by molar-refractivity contribution is 7.17. The third kappa shape index (κ3) is 1.92. The van der Waals surface area contributed by atoms with Gasteiger partial charge < -0.3 is 10.1 Å². The van der Waals surface area contributed by atoms with Crippen molar-refractivity contribution in [3.63, 3.8) is 0 Å². The number of carbonyl (C=O) groups is 1. The number of fused-ring (bicyclic) bond motifs is 1. The lowest BCUT2D eigenvalue weighted by Gasteiger charge is -2.00. The number of H-pyrrole nitrogens is 1. The summed E-state index contributed by atoms with van der Waals surface area (Å²) in [4.78, 5) is 30.4. The highest BCUT2D eigenvalue weighted by Crippen LogP contribution is 2.23. The lowest BCUT2D eigenvalue weighted by Crippen LogP contribution is -2.11.